The summed E-state index contributed by atoms with van der Waals surface area (Å²) in [6.07, 6.45) is 3.35. The maximum Gasteiger partial charge on any atom is 0.120 e. The van der Waals surface area contributed by atoms with Crippen LogP contribution in [0.25, 0.3) is 0 Å². The lowest BCUT2D eigenvalue weighted by molar-refractivity contribution is 0.100. The molecule has 3 heteroatoms. The Bertz CT molecular complexity index is 204. The van der Waals surface area contributed by atoms with E-state index in [-0.39, 0.29) is 12.4 Å². The van der Waals surface area contributed by atoms with E-state index in [2.05, 4.69) is 0 Å². The van der Waals surface area contributed by atoms with E-state index in [0.717, 1.165) is 19.4 Å². The average Bonchev–Trinajstić information content (AvgIpc) is 2.53. The highest BCUT2D eigenvalue weighted by Crippen LogP contribution is 2.39. The van der Waals surface area contributed by atoms with E-state index in [9.17, 15) is 4.39 Å². The Labute approximate surface area is 65.3 Å². The summed E-state index contributed by atoms with van der Waals surface area (Å²) in [5.41, 5.74) is -0.611. The van der Waals surface area contributed by atoms with Gasteiger partial charge in [0.1, 0.15) is 5.83 Å². The Morgan fingerprint density at radius 1 is 1.73 bits per heavy atom. The van der Waals surface area contributed by atoms with Crippen LogP contribution in [0.1, 0.15) is 12.8 Å². The fraction of sp³-hybridized carbons (Fsp3) is 0.750. The normalized spacial score (nSPS) is 37.5. The van der Waals surface area contributed by atoms with Gasteiger partial charge >= 0.3 is 0 Å². The van der Waals surface area contributed by atoms with Crippen molar-refractivity contribution in [3.05, 3.63) is 11.9 Å². The second-order valence-corrected chi connectivity index (χ2v) is 3.29. The predicted octanol–water partition coefficient (Wildman–Crippen LogP) is 0.680. The maximum atomic E-state index is 13.2. The lowest BCUT2D eigenvalue weighted by Crippen LogP contribution is -2.43. The molecule has 1 N–H and O–H groups in total. The van der Waals surface area contributed by atoms with Gasteiger partial charge in [-0.2, -0.15) is 0 Å². The van der Waals surface area contributed by atoms with Crippen molar-refractivity contribution in [2.75, 3.05) is 19.7 Å². The third-order valence-electron chi connectivity index (χ3n) is 2.82. The molecule has 0 spiro atoms. The molecular weight excluding hydrogens is 145 g/mol. The van der Waals surface area contributed by atoms with Crippen molar-refractivity contribution in [1.29, 1.82) is 0 Å². The van der Waals surface area contributed by atoms with Crippen LogP contribution in [0.5, 0.6) is 0 Å². The molecule has 11 heavy (non-hydrogen) atoms. The first-order valence-electron chi connectivity index (χ1n) is 4.02. The van der Waals surface area contributed by atoms with Gasteiger partial charge < -0.3 is 5.11 Å². The molecule has 2 heterocycles. The van der Waals surface area contributed by atoms with E-state index in [4.69, 9.17) is 5.11 Å². The van der Waals surface area contributed by atoms with Gasteiger partial charge in [0.2, 0.25) is 0 Å². The minimum atomic E-state index is -0.611. The zero-order chi connectivity index (χ0) is 7.90. The van der Waals surface area contributed by atoms with Crippen molar-refractivity contribution in [3.8, 4) is 0 Å². The zero-order valence-corrected chi connectivity index (χ0v) is 6.39. The van der Waals surface area contributed by atoms with E-state index >= 15 is 0 Å². The standard InChI is InChI=1S/C8H12FNO/c9-7-2-5-10-4-1-3-8(7,10)6-11/h2,11H,1,3-6H2. The summed E-state index contributed by atoms with van der Waals surface area (Å²) in [6, 6.07) is 0. The van der Waals surface area contributed by atoms with Gasteiger partial charge in [-0.05, 0) is 25.5 Å². The van der Waals surface area contributed by atoms with Crippen LogP contribution < -0.4 is 0 Å². The van der Waals surface area contributed by atoms with Crippen LogP contribution >= 0.6 is 0 Å². The summed E-state index contributed by atoms with van der Waals surface area (Å²) in [4.78, 5) is 2.02. The lowest BCUT2D eigenvalue weighted by Gasteiger charge is -2.29. The first-order chi connectivity index (χ1) is 5.29. The zero-order valence-electron chi connectivity index (χ0n) is 6.39. The topological polar surface area (TPSA) is 23.5 Å². The molecule has 0 aliphatic carbocycles. The van der Waals surface area contributed by atoms with Crippen molar-refractivity contribution in [3.63, 3.8) is 0 Å². The molecule has 0 aromatic heterocycles. The fourth-order valence-electron chi connectivity index (χ4n) is 2.11. The maximum absolute atomic E-state index is 13.2. The highest BCUT2D eigenvalue weighted by Gasteiger charge is 2.47. The first kappa shape index (κ1) is 7.25. The van der Waals surface area contributed by atoms with Gasteiger partial charge in [0.25, 0.3) is 0 Å². The number of fused-ring (bicyclic) bond motifs is 1. The van der Waals surface area contributed by atoms with E-state index in [1.165, 1.54) is 0 Å². The van der Waals surface area contributed by atoms with Crippen LogP contribution in [0.2, 0.25) is 0 Å². The monoisotopic (exact) mass is 157 g/mol. The fourth-order valence-corrected chi connectivity index (χ4v) is 2.11. The Balaban J connectivity index is 2.30. The molecule has 1 saturated heterocycles. The largest absolute Gasteiger partial charge is 0.394 e. The Hall–Kier alpha value is -0.410. The van der Waals surface area contributed by atoms with Gasteiger partial charge in [0.15, 0.2) is 0 Å². The van der Waals surface area contributed by atoms with Gasteiger partial charge in [-0.25, -0.2) is 4.39 Å². The number of hydrogen-bond donors (Lipinski definition) is 1. The molecule has 1 fully saturated rings. The molecule has 0 radical (unpaired) electrons. The summed E-state index contributed by atoms with van der Waals surface area (Å²) >= 11 is 0. The third kappa shape index (κ3) is 0.781. The Morgan fingerprint density at radius 2 is 2.55 bits per heavy atom. The second-order valence-electron chi connectivity index (χ2n) is 3.29. The summed E-state index contributed by atoms with van der Waals surface area (Å²) in [5.74, 6) is -0.127. The molecule has 2 rings (SSSR count). The van der Waals surface area contributed by atoms with Crippen LogP contribution in [0.4, 0.5) is 4.39 Å². The van der Waals surface area contributed by atoms with Crippen molar-refractivity contribution < 1.29 is 9.50 Å². The Kier molecular flexibility index (Phi) is 1.51. The molecule has 0 aromatic carbocycles. The molecule has 0 amide bonds. The summed E-state index contributed by atoms with van der Waals surface area (Å²) in [5, 5.41) is 9.07. The highest BCUT2D eigenvalue weighted by molar-refractivity contribution is 5.23. The van der Waals surface area contributed by atoms with E-state index in [1.807, 2.05) is 4.90 Å². The Morgan fingerprint density at radius 3 is 3.18 bits per heavy atom. The second kappa shape index (κ2) is 2.29. The van der Waals surface area contributed by atoms with Gasteiger partial charge in [0, 0.05) is 6.54 Å². The van der Waals surface area contributed by atoms with Crippen LogP contribution in [0.15, 0.2) is 11.9 Å². The number of nitrogens with zero attached hydrogens (tertiary/aromatic N) is 1. The van der Waals surface area contributed by atoms with E-state index in [1.54, 1.807) is 6.08 Å². The van der Waals surface area contributed by atoms with Gasteiger partial charge in [0.05, 0.1) is 12.1 Å². The number of aliphatic hydroxyl groups is 1. The predicted molar refractivity (Wildman–Crippen MR) is 39.8 cm³/mol. The molecule has 2 aliphatic heterocycles. The molecule has 2 aliphatic rings. The number of hydrogen-bond acceptors (Lipinski definition) is 2. The number of rotatable bonds is 1. The summed E-state index contributed by atoms with van der Waals surface area (Å²) in [6.45, 7) is 1.52. The minimum Gasteiger partial charge on any atom is -0.394 e. The molecule has 0 bridgehead atoms. The van der Waals surface area contributed by atoms with Crippen molar-refractivity contribution in [2.24, 2.45) is 0 Å². The van der Waals surface area contributed by atoms with E-state index < -0.39 is 5.54 Å². The number of halogens is 1. The van der Waals surface area contributed by atoms with Gasteiger partial charge in [-0.15, -0.1) is 0 Å². The third-order valence-corrected chi connectivity index (χ3v) is 2.82. The quantitative estimate of drug-likeness (QED) is 0.605. The van der Waals surface area contributed by atoms with Crippen LogP contribution in [0.3, 0.4) is 0 Å². The van der Waals surface area contributed by atoms with E-state index in [0.29, 0.717) is 6.54 Å². The first-order valence-corrected chi connectivity index (χ1v) is 4.02. The average molecular weight is 157 g/mol. The van der Waals surface area contributed by atoms with Crippen molar-refractivity contribution in [2.45, 2.75) is 18.4 Å². The lowest BCUT2D eigenvalue weighted by atomic mass is 9.98. The van der Waals surface area contributed by atoms with Gasteiger partial charge in [-0.1, -0.05) is 0 Å². The molecule has 1 atom stereocenters. The van der Waals surface area contributed by atoms with Crippen molar-refractivity contribution >= 4 is 0 Å². The number of aliphatic hydroxyl groups excluding tert-OH is 1. The van der Waals surface area contributed by atoms with Gasteiger partial charge in [-0.3, -0.25) is 4.90 Å². The summed E-state index contributed by atoms with van der Waals surface area (Å²) < 4.78 is 13.2. The molecule has 2 nitrogen and oxygen atoms in total. The smallest absolute Gasteiger partial charge is 0.120 e. The summed E-state index contributed by atoms with van der Waals surface area (Å²) in [7, 11) is 0. The van der Waals surface area contributed by atoms with Crippen LogP contribution in [-0.2, 0) is 0 Å². The SMILES string of the molecule is OCC12CCCN1CC=C2F. The molecular formula is C8H12FNO. The van der Waals surface area contributed by atoms with Crippen LogP contribution in [-0.4, -0.2) is 35.2 Å². The minimum absolute atomic E-state index is 0.0741. The molecule has 62 valence electrons. The van der Waals surface area contributed by atoms with Crippen molar-refractivity contribution in [1.82, 2.24) is 4.90 Å². The van der Waals surface area contributed by atoms with Crippen LogP contribution in [0, 0.1) is 0 Å². The molecule has 0 aromatic rings. The highest BCUT2D eigenvalue weighted by atomic mass is 19.1. The molecule has 1 unspecified atom stereocenters. The molecule has 0 saturated carbocycles.